The van der Waals surface area contributed by atoms with Gasteiger partial charge in [-0.2, -0.15) is 8.42 Å². The van der Waals surface area contributed by atoms with Gasteiger partial charge in [-0.15, -0.1) is 11.6 Å². The van der Waals surface area contributed by atoms with Gasteiger partial charge in [0.2, 0.25) is 0 Å². The molecule has 2 rings (SSSR count). The maximum atomic E-state index is 12.4. The van der Waals surface area contributed by atoms with Gasteiger partial charge in [-0.3, -0.25) is 0 Å². The molecule has 2 aromatic rings. The standard InChI is InChI=1S/C12H9ClN2O5S2/c13-8-15(22(19,20)14-9-16)21(17,18)12-6-5-10-3-1-2-4-11(10)7-12/h1-7H,8H2. The van der Waals surface area contributed by atoms with Gasteiger partial charge in [0, 0.05) is 0 Å². The zero-order valence-corrected chi connectivity index (χ0v) is 13.3. The van der Waals surface area contributed by atoms with Crippen molar-refractivity contribution < 1.29 is 21.6 Å². The Morgan fingerprint density at radius 1 is 1.05 bits per heavy atom. The minimum absolute atomic E-state index is 0.0729. The first-order valence-corrected chi connectivity index (χ1v) is 9.12. The van der Waals surface area contributed by atoms with E-state index in [1.54, 1.807) is 24.3 Å². The highest BCUT2D eigenvalue weighted by Crippen LogP contribution is 2.24. The van der Waals surface area contributed by atoms with Crippen LogP contribution >= 0.6 is 11.6 Å². The number of hydrogen-bond donors (Lipinski definition) is 0. The van der Waals surface area contributed by atoms with E-state index in [9.17, 15) is 21.6 Å². The van der Waals surface area contributed by atoms with E-state index in [4.69, 9.17) is 11.6 Å². The Morgan fingerprint density at radius 2 is 1.68 bits per heavy atom. The molecule has 2 aromatic carbocycles. The molecular formula is C12H9ClN2O5S2. The number of sulfonamides is 1. The maximum Gasteiger partial charge on any atom is 0.347 e. The fourth-order valence-electron chi connectivity index (χ4n) is 1.79. The second-order valence-electron chi connectivity index (χ2n) is 4.07. The number of alkyl halides is 1. The summed E-state index contributed by atoms with van der Waals surface area (Å²) in [6.45, 7) is 0. The molecule has 116 valence electrons. The summed E-state index contributed by atoms with van der Waals surface area (Å²) in [5, 5.41) is 1.39. The van der Waals surface area contributed by atoms with E-state index in [0.29, 0.717) is 5.39 Å². The van der Waals surface area contributed by atoms with Gasteiger partial charge in [-0.25, -0.2) is 13.2 Å². The summed E-state index contributed by atoms with van der Waals surface area (Å²) in [7, 11) is -9.25. The van der Waals surface area contributed by atoms with Gasteiger partial charge in [0.15, 0.2) is 0 Å². The van der Waals surface area contributed by atoms with Gasteiger partial charge in [-0.05, 0) is 22.9 Å². The van der Waals surface area contributed by atoms with E-state index >= 15 is 0 Å². The lowest BCUT2D eigenvalue weighted by atomic mass is 10.1. The number of rotatable bonds is 5. The highest BCUT2D eigenvalue weighted by Gasteiger charge is 2.35. The van der Waals surface area contributed by atoms with E-state index in [1.165, 1.54) is 18.2 Å². The highest BCUT2D eigenvalue weighted by atomic mass is 35.5. The molecule has 0 bridgehead atoms. The third-order valence-electron chi connectivity index (χ3n) is 2.79. The summed E-state index contributed by atoms with van der Waals surface area (Å²) < 4.78 is 50.6. The van der Waals surface area contributed by atoms with Crippen LogP contribution in [0.3, 0.4) is 0 Å². The first-order valence-electron chi connectivity index (χ1n) is 5.75. The van der Waals surface area contributed by atoms with Crippen LogP contribution in [0.25, 0.3) is 10.8 Å². The van der Waals surface area contributed by atoms with E-state index in [-0.39, 0.29) is 8.61 Å². The number of carbonyl (C=O) groups excluding carboxylic acids is 1. The second kappa shape index (κ2) is 6.15. The predicted octanol–water partition coefficient (Wildman–Crippen LogP) is 1.61. The topological polar surface area (TPSA) is 101 Å². The van der Waals surface area contributed by atoms with Crippen LogP contribution in [-0.2, 0) is 25.0 Å². The van der Waals surface area contributed by atoms with Crippen LogP contribution in [0.4, 0.5) is 0 Å². The predicted molar refractivity (Wildman–Crippen MR) is 80.7 cm³/mol. The van der Waals surface area contributed by atoms with E-state index in [2.05, 4.69) is 4.40 Å². The fourth-order valence-corrected chi connectivity index (χ4v) is 5.08. The quantitative estimate of drug-likeness (QED) is 0.349. The lowest BCUT2D eigenvalue weighted by molar-refractivity contribution is 0.520. The van der Waals surface area contributed by atoms with Crippen LogP contribution in [0.2, 0.25) is 0 Å². The maximum absolute atomic E-state index is 12.4. The Hall–Kier alpha value is -1.77. The van der Waals surface area contributed by atoms with Crippen molar-refractivity contribution >= 4 is 48.7 Å². The molecule has 0 saturated heterocycles. The van der Waals surface area contributed by atoms with Crippen molar-refractivity contribution in [3.63, 3.8) is 0 Å². The summed E-state index contributed by atoms with van der Waals surface area (Å²) in [5.41, 5.74) is 0. The summed E-state index contributed by atoms with van der Waals surface area (Å²) in [6, 6.07) is 10.1. The molecule has 0 radical (unpaired) electrons. The van der Waals surface area contributed by atoms with Gasteiger partial charge in [-0.1, -0.05) is 38.4 Å². The van der Waals surface area contributed by atoms with Gasteiger partial charge >= 0.3 is 10.2 Å². The molecule has 0 aliphatic heterocycles. The van der Waals surface area contributed by atoms with Crippen LogP contribution in [0.1, 0.15) is 0 Å². The molecule has 0 fully saturated rings. The second-order valence-corrected chi connectivity index (χ2v) is 7.92. The first kappa shape index (κ1) is 16.6. The Labute approximate surface area is 132 Å². The molecule has 22 heavy (non-hydrogen) atoms. The van der Waals surface area contributed by atoms with Gasteiger partial charge in [0.1, 0.15) is 6.00 Å². The van der Waals surface area contributed by atoms with Gasteiger partial charge in [0.25, 0.3) is 16.1 Å². The number of isocyanates is 1. The van der Waals surface area contributed by atoms with Gasteiger partial charge in [0.05, 0.1) is 4.90 Å². The van der Waals surface area contributed by atoms with E-state index in [1.807, 2.05) is 0 Å². The molecule has 0 amide bonds. The average Bonchev–Trinajstić information content (AvgIpc) is 2.46. The zero-order valence-electron chi connectivity index (χ0n) is 10.9. The van der Waals surface area contributed by atoms with Crippen molar-refractivity contribution in [2.45, 2.75) is 4.90 Å². The van der Waals surface area contributed by atoms with Crippen molar-refractivity contribution in [1.29, 1.82) is 0 Å². The van der Waals surface area contributed by atoms with Crippen LogP contribution in [0.15, 0.2) is 51.8 Å². The van der Waals surface area contributed by atoms with Crippen LogP contribution in [0, 0.1) is 0 Å². The molecule has 0 saturated carbocycles. The Morgan fingerprint density at radius 3 is 2.27 bits per heavy atom. The number of fused-ring (bicyclic) bond motifs is 1. The Balaban J connectivity index is 2.62. The molecular weight excluding hydrogens is 352 g/mol. The van der Waals surface area contributed by atoms with Crippen molar-refractivity contribution in [2.24, 2.45) is 4.40 Å². The largest absolute Gasteiger partial charge is 0.347 e. The fraction of sp³-hybridized carbons (Fsp3) is 0.0833. The summed E-state index contributed by atoms with van der Waals surface area (Å²) in [4.78, 5) is 9.86. The molecule has 0 atom stereocenters. The third kappa shape index (κ3) is 3.03. The minimum Gasteiger partial charge on any atom is -0.210 e. The molecule has 7 nitrogen and oxygen atoms in total. The molecule has 0 aromatic heterocycles. The zero-order chi connectivity index (χ0) is 16.4. The summed E-state index contributed by atoms with van der Waals surface area (Å²) in [6.07, 6.45) is 0.798. The SMILES string of the molecule is O=C=NS(=O)(=O)N(CCl)S(=O)(=O)c1ccc2ccccc2c1. The Kier molecular flexibility index (Phi) is 4.64. The molecule has 0 unspecified atom stereocenters. The molecule has 0 spiro atoms. The van der Waals surface area contributed by atoms with Crippen LogP contribution < -0.4 is 0 Å². The molecule has 0 aliphatic rings. The summed E-state index contributed by atoms with van der Waals surface area (Å²) in [5.74, 6) is 0. The molecule has 10 heteroatoms. The number of nitrogens with zero attached hydrogens (tertiary/aromatic N) is 2. The van der Waals surface area contributed by atoms with Crippen molar-refractivity contribution in [3.05, 3.63) is 42.5 Å². The van der Waals surface area contributed by atoms with Gasteiger partial charge < -0.3 is 0 Å². The monoisotopic (exact) mass is 360 g/mol. The normalized spacial score (nSPS) is 12.3. The smallest absolute Gasteiger partial charge is 0.210 e. The molecule has 0 N–H and O–H groups in total. The highest BCUT2D eigenvalue weighted by molar-refractivity contribution is 8.03. The molecule has 0 heterocycles. The molecule has 0 aliphatic carbocycles. The Bertz CT molecular complexity index is 966. The van der Waals surface area contributed by atoms with Crippen molar-refractivity contribution in [2.75, 3.05) is 6.00 Å². The first-order chi connectivity index (χ1) is 10.3. The van der Waals surface area contributed by atoms with Crippen molar-refractivity contribution in [3.8, 4) is 0 Å². The van der Waals surface area contributed by atoms with E-state index < -0.39 is 26.2 Å². The number of halogens is 1. The average molecular weight is 361 g/mol. The van der Waals surface area contributed by atoms with E-state index in [0.717, 1.165) is 11.5 Å². The third-order valence-corrected chi connectivity index (χ3v) is 6.93. The van der Waals surface area contributed by atoms with Crippen LogP contribution in [-0.4, -0.2) is 32.6 Å². The lowest BCUT2D eigenvalue weighted by Crippen LogP contribution is -2.34. The minimum atomic E-state index is -4.77. The van der Waals surface area contributed by atoms with Crippen LogP contribution in [0.5, 0.6) is 0 Å². The van der Waals surface area contributed by atoms with Crippen molar-refractivity contribution in [1.82, 2.24) is 3.71 Å². The lowest BCUT2D eigenvalue weighted by Gasteiger charge is -2.16. The summed E-state index contributed by atoms with van der Waals surface area (Å²) >= 11 is 5.42. The number of hydrogen-bond acceptors (Lipinski definition) is 5. The number of benzene rings is 2.